The molecule has 110 valence electrons. The van der Waals surface area contributed by atoms with Crippen LogP contribution in [0.15, 0.2) is 16.6 Å². The highest BCUT2D eigenvalue weighted by Gasteiger charge is 2.39. The van der Waals surface area contributed by atoms with Gasteiger partial charge in [-0.15, -0.1) is 0 Å². The second-order valence-corrected chi connectivity index (χ2v) is 6.16. The first-order valence-electron chi connectivity index (χ1n) is 6.67. The fraction of sp³-hybridized carbons (Fsp3) is 0.538. The van der Waals surface area contributed by atoms with Crippen LogP contribution in [0, 0.1) is 11.6 Å². The molecule has 4 nitrogen and oxygen atoms in total. The van der Waals surface area contributed by atoms with Crippen LogP contribution in [0.2, 0.25) is 0 Å². The minimum atomic E-state index is -0.578. The number of halogens is 3. The number of hydrogen-bond donors (Lipinski definition) is 2. The number of nitrogens with zero attached hydrogens (tertiary/aromatic N) is 2. The molecule has 0 aromatic heterocycles. The summed E-state index contributed by atoms with van der Waals surface area (Å²) in [6.45, 7) is 4.63. The van der Waals surface area contributed by atoms with Crippen molar-refractivity contribution < 1.29 is 8.78 Å². The lowest BCUT2D eigenvalue weighted by molar-refractivity contribution is -0.00476. The second-order valence-electron chi connectivity index (χ2n) is 5.31. The van der Waals surface area contributed by atoms with E-state index < -0.39 is 17.7 Å². The Morgan fingerprint density at radius 2 is 1.95 bits per heavy atom. The molecule has 1 aromatic carbocycles. The molecule has 3 N–H and O–H groups in total. The molecule has 0 saturated carbocycles. The maximum atomic E-state index is 14.3. The number of nitrogens with two attached hydrogens (primary N) is 1. The topological polar surface area (TPSA) is 44.5 Å². The first-order valence-corrected chi connectivity index (χ1v) is 7.47. The van der Waals surface area contributed by atoms with Crippen molar-refractivity contribution in [2.45, 2.75) is 12.1 Å². The van der Waals surface area contributed by atoms with E-state index >= 15 is 0 Å². The zero-order valence-corrected chi connectivity index (χ0v) is 12.5. The van der Waals surface area contributed by atoms with Crippen LogP contribution in [0.3, 0.4) is 0 Å². The van der Waals surface area contributed by atoms with E-state index in [1.807, 2.05) is 0 Å². The predicted molar refractivity (Wildman–Crippen MR) is 75.9 cm³/mol. The molecular formula is C13H17BrF2N4. The van der Waals surface area contributed by atoms with Crippen molar-refractivity contribution >= 4 is 15.9 Å². The Balaban J connectivity index is 1.96. The standard InChI is InChI=1S/C13H17BrF2N4/c14-8-1-2-9(15)11(12(8)16)13(18-17)10-7-19-3-5-20(10)6-4-19/h1-2,10,13,18H,3-7,17H2. The smallest absolute Gasteiger partial charge is 0.145 e. The third kappa shape index (κ3) is 2.37. The molecule has 2 unspecified atom stereocenters. The normalized spacial score (nSPS) is 30.5. The summed E-state index contributed by atoms with van der Waals surface area (Å²) in [4.78, 5) is 4.56. The van der Waals surface area contributed by atoms with Gasteiger partial charge in [0, 0.05) is 44.3 Å². The lowest BCUT2D eigenvalue weighted by Gasteiger charge is -2.50. The molecule has 0 amide bonds. The highest BCUT2D eigenvalue weighted by molar-refractivity contribution is 9.10. The van der Waals surface area contributed by atoms with Crippen LogP contribution in [0.25, 0.3) is 0 Å². The third-order valence-electron chi connectivity index (χ3n) is 4.28. The Morgan fingerprint density at radius 1 is 1.25 bits per heavy atom. The fourth-order valence-corrected chi connectivity index (χ4v) is 3.53. The van der Waals surface area contributed by atoms with E-state index in [0.29, 0.717) is 0 Å². The van der Waals surface area contributed by atoms with Gasteiger partial charge in [0.05, 0.1) is 10.5 Å². The molecule has 0 spiro atoms. The highest BCUT2D eigenvalue weighted by Crippen LogP contribution is 2.32. The zero-order chi connectivity index (χ0) is 14.3. The Labute approximate surface area is 125 Å². The van der Waals surface area contributed by atoms with Crippen LogP contribution in [-0.4, -0.2) is 48.6 Å². The van der Waals surface area contributed by atoms with Crippen molar-refractivity contribution in [3.05, 3.63) is 33.8 Å². The minimum Gasteiger partial charge on any atom is -0.299 e. The van der Waals surface area contributed by atoms with Gasteiger partial charge < -0.3 is 0 Å². The molecular weight excluding hydrogens is 330 g/mol. The van der Waals surface area contributed by atoms with E-state index in [-0.39, 0.29) is 16.1 Å². The van der Waals surface area contributed by atoms with E-state index in [0.717, 1.165) is 32.7 Å². The van der Waals surface area contributed by atoms with Gasteiger partial charge in [0.2, 0.25) is 0 Å². The number of hydrogen-bond acceptors (Lipinski definition) is 4. The predicted octanol–water partition coefficient (Wildman–Crippen LogP) is 1.23. The number of hydrazine groups is 1. The third-order valence-corrected chi connectivity index (χ3v) is 4.89. The van der Waals surface area contributed by atoms with Gasteiger partial charge >= 0.3 is 0 Å². The SMILES string of the molecule is NNC(c1c(F)ccc(Br)c1F)C1CN2CCN1CC2. The van der Waals surface area contributed by atoms with Crippen LogP contribution < -0.4 is 11.3 Å². The van der Waals surface area contributed by atoms with E-state index in [9.17, 15) is 8.78 Å². The van der Waals surface area contributed by atoms with Crippen molar-refractivity contribution in [2.75, 3.05) is 32.7 Å². The maximum Gasteiger partial charge on any atom is 0.145 e. The summed E-state index contributed by atoms with van der Waals surface area (Å²) in [5.41, 5.74) is 2.63. The van der Waals surface area contributed by atoms with Crippen molar-refractivity contribution in [3.63, 3.8) is 0 Å². The number of rotatable bonds is 3. The monoisotopic (exact) mass is 346 g/mol. The molecule has 0 radical (unpaired) electrons. The Hall–Kier alpha value is -0.600. The number of fused-ring (bicyclic) bond motifs is 3. The molecule has 2 atom stereocenters. The van der Waals surface area contributed by atoms with Crippen LogP contribution in [0.4, 0.5) is 8.78 Å². The Bertz CT molecular complexity index is 505. The van der Waals surface area contributed by atoms with Crippen LogP contribution in [0.5, 0.6) is 0 Å². The molecule has 3 fully saturated rings. The van der Waals surface area contributed by atoms with E-state index in [2.05, 4.69) is 31.2 Å². The molecule has 4 rings (SSSR count). The summed E-state index contributed by atoms with van der Waals surface area (Å²) < 4.78 is 28.6. The van der Waals surface area contributed by atoms with Crippen molar-refractivity contribution in [3.8, 4) is 0 Å². The number of piperazine rings is 3. The molecule has 3 heterocycles. The Kier molecular flexibility index (Phi) is 4.05. The van der Waals surface area contributed by atoms with Crippen molar-refractivity contribution in [1.82, 2.24) is 15.2 Å². The summed E-state index contributed by atoms with van der Waals surface area (Å²) in [6.07, 6.45) is 0. The van der Waals surface area contributed by atoms with Crippen LogP contribution in [-0.2, 0) is 0 Å². The van der Waals surface area contributed by atoms with Crippen LogP contribution >= 0.6 is 15.9 Å². The first kappa shape index (κ1) is 14.3. The van der Waals surface area contributed by atoms with Crippen molar-refractivity contribution in [1.29, 1.82) is 0 Å². The van der Waals surface area contributed by atoms with E-state index in [4.69, 9.17) is 5.84 Å². The quantitative estimate of drug-likeness (QED) is 0.491. The Morgan fingerprint density at radius 3 is 2.50 bits per heavy atom. The highest BCUT2D eigenvalue weighted by atomic mass is 79.9. The van der Waals surface area contributed by atoms with Crippen molar-refractivity contribution in [2.24, 2.45) is 5.84 Å². The van der Waals surface area contributed by atoms with Gasteiger partial charge in [-0.05, 0) is 28.1 Å². The molecule has 2 bridgehead atoms. The lowest BCUT2D eigenvalue weighted by atomic mass is 9.93. The summed E-state index contributed by atoms with van der Waals surface area (Å²) in [5.74, 6) is 4.47. The summed E-state index contributed by atoms with van der Waals surface area (Å²) in [7, 11) is 0. The molecule has 7 heteroatoms. The zero-order valence-electron chi connectivity index (χ0n) is 11.0. The molecule has 3 aliphatic heterocycles. The van der Waals surface area contributed by atoms with E-state index in [1.54, 1.807) is 0 Å². The molecule has 0 aliphatic carbocycles. The second kappa shape index (κ2) is 5.65. The molecule has 20 heavy (non-hydrogen) atoms. The molecule has 3 saturated heterocycles. The summed E-state index contributed by atoms with van der Waals surface area (Å²) >= 11 is 3.11. The van der Waals surface area contributed by atoms with Gasteiger partial charge in [0.1, 0.15) is 11.6 Å². The van der Waals surface area contributed by atoms with Crippen LogP contribution in [0.1, 0.15) is 11.6 Å². The van der Waals surface area contributed by atoms with Gasteiger partial charge in [-0.1, -0.05) is 0 Å². The van der Waals surface area contributed by atoms with Gasteiger partial charge in [-0.2, -0.15) is 0 Å². The number of benzene rings is 1. The fourth-order valence-electron chi connectivity index (χ4n) is 3.19. The minimum absolute atomic E-state index is 0.0131. The van der Waals surface area contributed by atoms with E-state index in [1.165, 1.54) is 12.1 Å². The van der Waals surface area contributed by atoms with Gasteiger partial charge in [0.15, 0.2) is 0 Å². The number of nitrogens with one attached hydrogen (secondary N) is 1. The average Bonchev–Trinajstić information content (AvgIpc) is 2.49. The maximum absolute atomic E-state index is 14.3. The lowest BCUT2D eigenvalue weighted by Crippen LogP contribution is -2.64. The van der Waals surface area contributed by atoms with Gasteiger partial charge in [0.25, 0.3) is 0 Å². The van der Waals surface area contributed by atoms with Gasteiger partial charge in [-0.25, -0.2) is 8.78 Å². The average molecular weight is 347 g/mol. The summed E-state index contributed by atoms with van der Waals surface area (Å²) in [6, 6.07) is 2.07. The molecule has 3 aliphatic rings. The largest absolute Gasteiger partial charge is 0.299 e. The molecule has 1 aromatic rings. The van der Waals surface area contributed by atoms with Gasteiger partial charge in [-0.3, -0.25) is 21.1 Å². The first-order chi connectivity index (χ1) is 9.61. The summed E-state index contributed by atoms with van der Waals surface area (Å²) in [5, 5.41) is 0.